The van der Waals surface area contributed by atoms with Crippen molar-refractivity contribution in [3.05, 3.63) is 64.7 Å². The standard InChI is InChI=1S/C17H16N4OS/c1-11-10-23-17(19-11)21(14-7-5-4-6-8-14)16(22)15-9-18-13(3)20-12(15)2/h4-10H,1-3H3. The highest BCUT2D eigenvalue weighted by Crippen LogP contribution is 2.30. The molecule has 0 spiro atoms. The van der Waals surface area contributed by atoms with Crippen LogP contribution in [0, 0.1) is 20.8 Å². The topological polar surface area (TPSA) is 59.0 Å². The van der Waals surface area contributed by atoms with Crippen molar-refractivity contribution in [2.75, 3.05) is 4.90 Å². The van der Waals surface area contributed by atoms with Crippen LogP contribution >= 0.6 is 11.3 Å². The summed E-state index contributed by atoms with van der Waals surface area (Å²) in [6.45, 7) is 5.53. The van der Waals surface area contributed by atoms with Crippen LogP contribution in [0.2, 0.25) is 0 Å². The van der Waals surface area contributed by atoms with Crippen LogP contribution < -0.4 is 4.90 Å². The molecule has 23 heavy (non-hydrogen) atoms. The molecule has 0 saturated heterocycles. The van der Waals surface area contributed by atoms with Crippen LogP contribution in [-0.4, -0.2) is 20.9 Å². The van der Waals surface area contributed by atoms with Gasteiger partial charge in [-0.05, 0) is 32.9 Å². The number of hydrogen-bond acceptors (Lipinski definition) is 5. The van der Waals surface area contributed by atoms with E-state index in [1.54, 1.807) is 18.0 Å². The molecular weight excluding hydrogens is 308 g/mol. The van der Waals surface area contributed by atoms with E-state index in [0.29, 0.717) is 22.2 Å². The fourth-order valence-electron chi connectivity index (χ4n) is 2.25. The molecule has 116 valence electrons. The van der Waals surface area contributed by atoms with Gasteiger partial charge in [0.2, 0.25) is 0 Å². The molecule has 0 radical (unpaired) electrons. The molecule has 0 atom stereocenters. The molecule has 1 amide bonds. The Morgan fingerprint density at radius 1 is 1.09 bits per heavy atom. The van der Waals surface area contributed by atoms with E-state index >= 15 is 0 Å². The first-order chi connectivity index (χ1) is 11.1. The average Bonchev–Trinajstić information content (AvgIpc) is 2.94. The highest BCUT2D eigenvalue weighted by molar-refractivity contribution is 7.14. The van der Waals surface area contributed by atoms with Gasteiger partial charge in [-0.1, -0.05) is 18.2 Å². The van der Waals surface area contributed by atoms with Crippen molar-refractivity contribution in [1.29, 1.82) is 0 Å². The molecule has 0 N–H and O–H groups in total. The number of carbonyl (C=O) groups excluding carboxylic acids is 1. The summed E-state index contributed by atoms with van der Waals surface area (Å²) in [5.74, 6) is 0.471. The molecule has 2 aromatic heterocycles. The third kappa shape index (κ3) is 3.12. The third-order valence-corrected chi connectivity index (χ3v) is 4.29. The van der Waals surface area contributed by atoms with Gasteiger partial charge in [0.25, 0.3) is 5.91 Å². The summed E-state index contributed by atoms with van der Waals surface area (Å²) in [5.41, 5.74) is 2.80. The van der Waals surface area contributed by atoms with Gasteiger partial charge in [-0.15, -0.1) is 11.3 Å². The molecule has 0 bridgehead atoms. The molecule has 0 saturated carbocycles. The largest absolute Gasteiger partial charge is 0.268 e. The third-order valence-electron chi connectivity index (χ3n) is 3.35. The number of benzene rings is 1. The molecule has 5 nitrogen and oxygen atoms in total. The van der Waals surface area contributed by atoms with E-state index in [0.717, 1.165) is 11.4 Å². The Balaban J connectivity index is 2.10. The summed E-state index contributed by atoms with van der Waals surface area (Å²) >= 11 is 1.44. The monoisotopic (exact) mass is 324 g/mol. The van der Waals surface area contributed by atoms with E-state index in [1.807, 2.05) is 49.6 Å². The summed E-state index contributed by atoms with van der Waals surface area (Å²) in [4.78, 5) is 27.6. The summed E-state index contributed by atoms with van der Waals surface area (Å²) in [6.07, 6.45) is 1.58. The molecule has 0 aliphatic carbocycles. The number of aromatic nitrogens is 3. The van der Waals surface area contributed by atoms with E-state index in [-0.39, 0.29) is 5.91 Å². The SMILES string of the molecule is Cc1csc(N(C(=O)c2cnc(C)nc2C)c2ccccc2)n1. The van der Waals surface area contributed by atoms with E-state index in [4.69, 9.17) is 0 Å². The van der Waals surface area contributed by atoms with Crippen molar-refractivity contribution in [1.82, 2.24) is 15.0 Å². The minimum absolute atomic E-state index is 0.178. The van der Waals surface area contributed by atoms with Crippen LogP contribution in [-0.2, 0) is 0 Å². The number of thiazole rings is 1. The maximum Gasteiger partial charge on any atom is 0.268 e. The van der Waals surface area contributed by atoms with Crippen molar-refractivity contribution in [2.45, 2.75) is 20.8 Å². The van der Waals surface area contributed by atoms with Gasteiger partial charge in [0.15, 0.2) is 5.13 Å². The number of nitrogens with zero attached hydrogens (tertiary/aromatic N) is 4. The second kappa shape index (κ2) is 6.26. The summed E-state index contributed by atoms with van der Waals surface area (Å²) in [6, 6.07) is 9.49. The lowest BCUT2D eigenvalue weighted by Gasteiger charge is -2.20. The molecule has 1 aromatic carbocycles. The van der Waals surface area contributed by atoms with Gasteiger partial charge in [0.05, 0.1) is 22.6 Å². The lowest BCUT2D eigenvalue weighted by Crippen LogP contribution is -2.27. The maximum atomic E-state index is 13.1. The Morgan fingerprint density at radius 3 is 2.43 bits per heavy atom. The number of rotatable bonds is 3. The highest BCUT2D eigenvalue weighted by Gasteiger charge is 2.24. The number of para-hydroxylation sites is 1. The predicted octanol–water partition coefficient (Wildman–Crippen LogP) is 3.84. The van der Waals surface area contributed by atoms with Gasteiger partial charge < -0.3 is 0 Å². The molecule has 0 unspecified atom stereocenters. The first kappa shape index (κ1) is 15.3. The zero-order valence-electron chi connectivity index (χ0n) is 13.1. The van der Waals surface area contributed by atoms with Crippen LogP contribution in [0.25, 0.3) is 0 Å². The molecule has 0 aliphatic rings. The zero-order chi connectivity index (χ0) is 16.4. The van der Waals surface area contributed by atoms with Crippen LogP contribution in [0.5, 0.6) is 0 Å². The lowest BCUT2D eigenvalue weighted by atomic mass is 10.2. The highest BCUT2D eigenvalue weighted by atomic mass is 32.1. The molecule has 3 aromatic rings. The average molecular weight is 324 g/mol. The molecule has 6 heteroatoms. The second-order valence-corrected chi connectivity index (χ2v) is 6.00. The van der Waals surface area contributed by atoms with Gasteiger partial charge in [-0.2, -0.15) is 0 Å². The van der Waals surface area contributed by atoms with Crippen molar-refractivity contribution >= 4 is 28.1 Å². The number of hydrogen-bond donors (Lipinski definition) is 0. The fourth-order valence-corrected chi connectivity index (χ4v) is 3.07. The van der Waals surface area contributed by atoms with Crippen LogP contribution in [0.1, 0.15) is 27.6 Å². The lowest BCUT2D eigenvalue weighted by molar-refractivity contribution is 0.0998. The fraction of sp³-hybridized carbons (Fsp3) is 0.176. The van der Waals surface area contributed by atoms with Crippen molar-refractivity contribution in [2.24, 2.45) is 0 Å². The quantitative estimate of drug-likeness (QED) is 0.734. The first-order valence-corrected chi connectivity index (χ1v) is 8.06. The van der Waals surface area contributed by atoms with Crippen LogP contribution in [0.4, 0.5) is 10.8 Å². The second-order valence-electron chi connectivity index (χ2n) is 5.16. The maximum absolute atomic E-state index is 13.1. The van der Waals surface area contributed by atoms with Crippen molar-refractivity contribution < 1.29 is 4.79 Å². The molecule has 0 aliphatic heterocycles. The Kier molecular flexibility index (Phi) is 4.16. The predicted molar refractivity (Wildman–Crippen MR) is 91.3 cm³/mol. The summed E-state index contributed by atoms with van der Waals surface area (Å²) in [5, 5.41) is 2.57. The van der Waals surface area contributed by atoms with E-state index in [2.05, 4.69) is 15.0 Å². The first-order valence-electron chi connectivity index (χ1n) is 7.18. The molecule has 3 rings (SSSR count). The van der Waals surface area contributed by atoms with Crippen molar-refractivity contribution in [3.63, 3.8) is 0 Å². The smallest absolute Gasteiger partial charge is 0.268 e. The molecular formula is C17H16N4OS. The Bertz CT molecular complexity index is 845. The van der Waals surface area contributed by atoms with Gasteiger partial charge in [0, 0.05) is 11.6 Å². The number of anilines is 2. The molecule has 0 fully saturated rings. The Morgan fingerprint density at radius 2 is 1.83 bits per heavy atom. The summed E-state index contributed by atoms with van der Waals surface area (Å²) in [7, 11) is 0. The van der Waals surface area contributed by atoms with Crippen molar-refractivity contribution in [3.8, 4) is 0 Å². The minimum Gasteiger partial charge on any atom is -0.268 e. The van der Waals surface area contributed by atoms with Gasteiger partial charge in [0.1, 0.15) is 5.82 Å². The van der Waals surface area contributed by atoms with Gasteiger partial charge in [-0.3, -0.25) is 9.69 Å². The summed E-state index contributed by atoms with van der Waals surface area (Å²) < 4.78 is 0. The number of amides is 1. The number of carbonyl (C=O) groups is 1. The van der Waals surface area contributed by atoms with Crippen LogP contribution in [0.3, 0.4) is 0 Å². The zero-order valence-corrected chi connectivity index (χ0v) is 14.0. The Hall–Kier alpha value is -2.60. The van der Waals surface area contributed by atoms with E-state index < -0.39 is 0 Å². The normalized spacial score (nSPS) is 10.6. The van der Waals surface area contributed by atoms with Gasteiger partial charge in [-0.25, -0.2) is 15.0 Å². The van der Waals surface area contributed by atoms with Gasteiger partial charge >= 0.3 is 0 Å². The Labute approximate surface area is 138 Å². The van der Waals surface area contributed by atoms with E-state index in [1.165, 1.54) is 11.3 Å². The minimum atomic E-state index is -0.178. The van der Waals surface area contributed by atoms with Crippen LogP contribution in [0.15, 0.2) is 41.9 Å². The number of aryl methyl sites for hydroxylation is 3. The molecule has 2 heterocycles. The van der Waals surface area contributed by atoms with E-state index in [9.17, 15) is 4.79 Å².